The molecule has 0 aliphatic rings. The zero-order chi connectivity index (χ0) is 14.4. The van der Waals surface area contributed by atoms with Crippen LogP contribution < -0.4 is 0 Å². The van der Waals surface area contributed by atoms with Crippen molar-refractivity contribution in [3.8, 4) is 0 Å². The van der Waals surface area contributed by atoms with Crippen LogP contribution in [0.1, 0.15) is 22.3 Å². The molecule has 0 N–H and O–H groups in total. The number of hydrogen-bond acceptors (Lipinski definition) is 1. The Balaban J connectivity index is 0.00000220. The third kappa shape index (κ3) is 5.35. The normalized spacial score (nSPS) is 10.5. The fourth-order valence-electron chi connectivity index (χ4n) is 2.39. The molecule has 0 saturated carbocycles. The third-order valence-electron chi connectivity index (χ3n) is 3.71. The van der Waals surface area contributed by atoms with Crippen LogP contribution in [0.5, 0.6) is 0 Å². The third-order valence-corrected chi connectivity index (χ3v) is 3.88. The molecule has 0 radical (unpaired) electrons. The minimum atomic E-state index is 0. The number of benzene rings is 2. The van der Waals surface area contributed by atoms with Crippen molar-refractivity contribution in [3.63, 3.8) is 0 Å². The molecule has 0 aliphatic carbocycles. The summed E-state index contributed by atoms with van der Waals surface area (Å²) in [5.41, 5.74) is 5.45. The van der Waals surface area contributed by atoms with Crippen molar-refractivity contribution in [1.29, 1.82) is 0 Å². The van der Waals surface area contributed by atoms with E-state index >= 15 is 0 Å². The Bertz CT molecular complexity index is 507. The van der Waals surface area contributed by atoms with Crippen molar-refractivity contribution < 1.29 is 0 Å². The summed E-state index contributed by atoms with van der Waals surface area (Å²) in [7, 11) is 0. The molecule has 0 amide bonds. The van der Waals surface area contributed by atoms with E-state index in [1.165, 1.54) is 22.3 Å². The van der Waals surface area contributed by atoms with Crippen molar-refractivity contribution in [3.05, 3.63) is 70.8 Å². The first-order valence-electron chi connectivity index (χ1n) is 7.08. The summed E-state index contributed by atoms with van der Waals surface area (Å²) in [4.78, 5) is 2.41. The maximum atomic E-state index is 5.97. The summed E-state index contributed by atoms with van der Waals surface area (Å²) in [5, 5.41) is 0. The average molecular weight is 324 g/mol. The maximum Gasteiger partial charge on any atom is 0.0351 e. The van der Waals surface area contributed by atoms with Crippen LogP contribution in [0.15, 0.2) is 48.5 Å². The highest BCUT2D eigenvalue weighted by atomic mass is 35.5. The second-order valence-electron chi connectivity index (χ2n) is 5.25. The molecule has 0 spiro atoms. The highest BCUT2D eigenvalue weighted by Gasteiger charge is 2.09. The fraction of sp³-hybridized carbons (Fsp3) is 0.333. The van der Waals surface area contributed by atoms with Crippen molar-refractivity contribution in [2.45, 2.75) is 26.9 Å². The van der Waals surface area contributed by atoms with Crippen LogP contribution in [0, 0.1) is 13.8 Å². The molecule has 2 rings (SSSR count). The van der Waals surface area contributed by atoms with Gasteiger partial charge in [0, 0.05) is 25.5 Å². The van der Waals surface area contributed by atoms with Crippen LogP contribution >= 0.6 is 24.0 Å². The molecule has 0 atom stereocenters. The molecule has 0 fully saturated rings. The van der Waals surface area contributed by atoms with Crippen molar-refractivity contribution in [2.24, 2.45) is 0 Å². The van der Waals surface area contributed by atoms with E-state index in [9.17, 15) is 0 Å². The van der Waals surface area contributed by atoms with Gasteiger partial charge in [0.15, 0.2) is 0 Å². The number of rotatable bonds is 6. The highest BCUT2D eigenvalue weighted by Crippen LogP contribution is 2.15. The predicted molar refractivity (Wildman–Crippen MR) is 94.4 cm³/mol. The molecule has 0 unspecified atom stereocenters. The average Bonchev–Trinajstić information content (AvgIpc) is 2.44. The van der Waals surface area contributed by atoms with E-state index in [0.29, 0.717) is 5.88 Å². The van der Waals surface area contributed by atoms with Crippen LogP contribution in [-0.2, 0) is 13.1 Å². The van der Waals surface area contributed by atoms with Gasteiger partial charge in [-0.15, -0.1) is 24.0 Å². The van der Waals surface area contributed by atoms with Crippen LogP contribution in [0.2, 0.25) is 0 Å². The minimum absolute atomic E-state index is 0. The monoisotopic (exact) mass is 323 g/mol. The van der Waals surface area contributed by atoms with Gasteiger partial charge in [-0.05, 0) is 36.1 Å². The summed E-state index contributed by atoms with van der Waals surface area (Å²) >= 11 is 5.97. The Labute approximate surface area is 139 Å². The summed E-state index contributed by atoms with van der Waals surface area (Å²) in [5.74, 6) is 0.664. The molecule has 0 aliphatic heterocycles. The van der Waals surface area contributed by atoms with E-state index < -0.39 is 0 Å². The first kappa shape index (κ1) is 18.0. The number of alkyl halides is 1. The van der Waals surface area contributed by atoms with Crippen LogP contribution in [0.4, 0.5) is 0 Å². The number of hydrogen-bond donors (Lipinski definition) is 0. The van der Waals surface area contributed by atoms with Crippen molar-refractivity contribution in [2.75, 3.05) is 12.4 Å². The Hall–Kier alpha value is -1.02. The van der Waals surface area contributed by atoms with Gasteiger partial charge in [-0.1, -0.05) is 48.5 Å². The molecule has 114 valence electrons. The predicted octanol–water partition coefficient (Wildman–Crippen LogP) is 4.97. The van der Waals surface area contributed by atoms with Crippen molar-refractivity contribution in [1.82, 2.24) is 4.90 Å². The Morgan fingerprint density at radius 1 is 0.810 bits per heavy atom. The van der Waals surface area contributed by atoms with Gasteiger partial charge in [0.1, 0.15) is 0 Å². The molecule has 0 saturated heterocycles. The largest absolute Gasteiger partial charge is 0.294 e. The molecular formula is C18H23Cl2N. The zero-order valence-electron chi connectivity index (χ0n) is 12.7. The molecular weight excluding hydrogens is 301 g/mol. The maximum absolute atomic E-state index is 5.97. The van der Waals surface area contributed by atoms with Gasteiger partial charge >= 0.3 is 0 Å². The SMILES string of the molecule is Cc1ccccc1CN(CCCl)Cc1ccccc1C.Cl. The molecule has 2 aromatic carbocycles. The Morgan fingerprint density at radius 2 is 1.24 bits per heavy atom. The summed E-state index contributed by atoms with van der Waals surface area (Å²) in [6.45, 7) is 7.15. The first-order valence-corrected chi connectivity index (χ1v) is 7.61. The van der Waals surface area contributed by atoms with Crippen molar-refractivity contribution >= 4 is 24.0 Å². The molecule has 21 heavy (non-hydrogen) atoms. The topological polar surface area (TPSA) is 3.24 Å². The second-order valence-corrected chi connectivity index (χ2v) is 5.63. The molecule has 0 aromatic heterocycles. The van der Waals surface area contributed by atoms with Crippen LogP contribution in [0.3, 0.4) is 0 Å². The Morgan fingerprint density at radius 3 is 1.62 bits per heavy atom. The van der Waals surface area contributed by atoms with Gasteiger partial charge in [-0.25, -0.2) is 0 Å². The summed E-state index contributed by atoms with van der Waals surface area (Å²) in [6, 6.07) is 17.1. The minimum Gasteiger partial charge on any atom is -0.294 e. The Kier molecular flexibility index (Phi) is 7.81. The van der Waals surface area contributed by atoms with Gasteiger partial charge in [0.05, 0.1) is 0 Å². The summed E-state index contributed by atoms with van der Waals surface area (Å²) < 4.78 is 0. The van der Waals surface area contributed by atoms with Gasteiger partial charge in [-0.3, -0.25) is 4.90 Å². The number of nitrogens with zero attached hydrogens (tertiary/aromatic N) is 1. The first-order chi connectivity index (χ1) is 9.70. The number of halogens is 2. The lowest BCUT2D eigenvalue weighted by Gasteiger charge is -2.23. The van der Waals surface area contributed by atoms with Gasteiger partial charge in [-0.2, -0.15) is 0 Å². The smallest absolute Gasteiger partial charge is 0.0351 e. The zero-order valence-corrected chi connectivity index (χ0v) is 14.3. The highest BCUT2D eigenvalue weighted by molar-refractivity contribution is 6.18. The van der Waals surface area contributed by atoms with Crippen LogP contribution in [0.25, 0.3) is 0 Å². The second kappa shape index (κ2) is 9.09. The fourth-order valence-corrected chi connectivity index (χ4v) is 2.63. The van der Waals surface area contributed by atoms with E-state index in [0.717, 1.165) is 19.6 Å². The lowest BCUT2D eigenvalue weighted by atomic mass is 10.1. The molecule has 1 nitrogen and oxygen atoms in total. The van der Waals surface area contributed by atoms with Gasteiger partial charge < -0.3 is 0 Å². The lowest BCUT2D eigenvalue weighted by molar-refractivity contribution is 0.272. The van der Waals surface area contributed by atoms with E-state index in [1.807, 2.05) is 0 Å². The quantitative estimate of drug-likeness (QED) is 0.678. The van der Waals surface area contributed by atoms with E-state index in [1.54, 1.807) is 0 Å². The molecule has 2 aromatic rings. The van der Waals surface area contributed by atoms with Crippen LogP contribution in [-0.4, -0.2) is 17.3 Å². The van der Waals surface area contributed by atoms with E-state index in [4.69, 9.17) is 11.6 Å². The molecule has 0 bridgehead atoms. The summed E-state index contributed by atoms with van der Waals surface area (Å²) in [6.07, 6.45) is 0. The van der Waals surface area contributed by atoms with Gasteiger partial charge in [0.25, 0.3) is 0 Å². The van der Waals surface area contributed by atoms with E-state index in [-0.39, 0.29) is 12.4 Å². The van der Waals surface area contributed by atoms with E-state index in [2.05, 4.69) is 67.3 Å². The number of aryl methyl sites for hydroxylation is 2. The van der Waals surface area contributed by atoms with Gasteiger partial charge in [0.2, 0.25) is 0 Å². The lowest BCUT2D eigenvalue weighted by Crippen LogP contribution is -2.25. The standard InChI is InChI=1S/C18H22ClN.ClH/c1-15-7-3-5-9-17(15)13-20(12-11-19)14-18-10-6-4-8-16(18)2;/h3-10H,11-14H2,1-2H3;1H. The molecule has 3 heteroatoms. The molecule has 0 heterocycles.